The molecule has 0 heterocycles. The van der Waals surface area contributed by atoms with Crippen LogP contribution in [0, 0.1) is 0 Å². The number of hydrogen-bond donors (Lipinski definition) is 2. The van der Waals surface area contributed by atoms with Crippen LogP contribution in [-0.2, 0) is 4.79 Å². The van der Waals surface area contributed by atoms with Crippen molar-refractivity contribution in [2.24, 2.45) is 0 Å². The minimum Gasteiger partial charge on any atom is -0.490 e. The second-order valence-corrected chi connectivity index (χ2v) is 6.67. The van der Waals surface area contributed by atoms with Crippen LogP contribution in [0.5, 0.6) is 5.75 Å². The Kier molecular flexibility index (Phi) is 6.12. The summed E-state index contributed by atoms with van der Waals surface area (Å²) in [7, 11) is 0. The van der Waals surface area contributed by atoms with E-state index in [1.807, 2.05) is 12.1 Å². The van der Waals surface area contributed by atoms with Gasteiger partial charge >= 0.3 is 0 Å². The molecule has 1 aliphatic rings. The fourth-order valence-electron chi connectivity index (χ4n) is 2.92. The van der Waals surface area contributed by atoms with Gasteiger partial charge in [-0.3, -0.25) is 9.59 Å². The smallest absolute Gasteiger partial charge is 0.253 e. The maximum Gasteiger partial charge on any atom is 0.253 e. The van der Waals surface area contributed by atoms with Gasteiger partial charge in [-0.1, -0.05) is 23.7 Å². The lowest BCUT2D eigenvalue weighted by Crippen LogP contribution is -2.33. The first-order valence-electron chi connectivity index (χ1n) is 8.71. The average molecular weight is 373 g/mol. The summed E-state index contributed by atoms with van der Waals surface area (Å²) >= 11 is 5.97. The van der Waals surface area contributed by atoms with Crippen LogP contribution in [0.2, 0.25) is 5.02 Å². The van der Waals surface area contributed by atoms with Crippen LogP contribution in [0.3, 0.4) is 0 Å². The van der Waals surface area contributed by atoms with Crippen LogP contribution in [0.15, 0.2) is 48.5 Å². The molecule has 1 aliphatic carbocycles. The van der Waals surface area contributed by atoms with E-state index in [4.69, 9.17) is 16.3 Å². The van der Waals surface area contributed by atoms with Crippen molar-refractivity contribution < 1.29 is 14.3 Å². The fourth-order valence-corrected chi connectivity index (χ4v) is 3.14. The van der Waals surface area contributed by atoms with E-state index in [1.165, 1.54) is 12.8 Å². The molecule has 0 atom stereocenters. The number of ether oxygens (including phenoxy) is 1. The highest BCUT2D eigenvalue weighted by Gasteiger charge is 2.16. The van der Waals surface area contributed by atoms with Crippen molar-refractivity contribution in [3.05, 3.63) is 59.1 Å². The van der Waals surface area contributed by atoms with Gasteiger partial charge in [-0.15, -0.1) is 0 Å². The Morgan fingerprint density at radius 3 is 2.42 bits per heavy atom. The number of halogens is 1. The third kappa shape index (κ3) is 4.99. The van der Waals surface area contributed by atoms with E-state index in [2.05, 4.69) is 10.6 Å². The van der Waals surface area contributed by atoms with Gasteiger partial charge in [0.25, 0.3) is 5.91 Å². The SMILES string of the molecule is O=C(CNC(=O)c1ccccc1Cl)Nc1ccc(OC2CCCC2)cc1. The number of carbonyl (C=O) groups is 2. The van der Waals surface area contributed by atoms with Crippen LogP contribution in [-0.4, -0.2) is 24.5 Å². The number of carbonyl (C=O) groups excluding carboxylic acids is 2. The Bertz CT molecular complexity index is 771. The molecule has 2 amide bonds. The van der Waals surface area contributed by atoms with Crippen molar-refractivity contribution in [1.82, 2.24) is 5.32 Å². The highest BCUT2D eigenvalue weighted by molar-refractivity contribution is 6.33. The topological polar surface area (TPSA) is 67.4 Å². The molecule has 0 saturated heterocycles. The number of rotatable bonds is 6. The summed E-state index contributed by atoms with van der Waals surface area (Å²) in [6.45, 7) is -0.135. The van der Waals surface area contributed by atoms with Crippen LogP contribution < -0.4 is 15.4 Å². The molecule has 3 rings (SSSR count). The minimum atomic E-state index is -0.383. The van der Waals surface area contributed by atoms with Gasteiger partial charge in [0.15, 0.2) is 0 Å². The monoisotopic (exact) mass is 372 g/mol. The van der Waals surface area contributed by atoms with Crippen LogP contribution in [0.4, 0.5) is 5.69 Å². The van der Waals surface area contributed by atoms with Crippen molar-refractivity contribution in [2.75, 3.05) is 11.9 Å². The molecular weight excluding hydrogens is 352 g/mol. The molecule has 2 aromatic rings. The highest BCUT2D eigenvalue weighted by Crippen LogP contribution is 2.25. The summed E-state index contributed by atoms with van der Waals surface area (Å²) in [5, 5.41) is 5.65. The third-order valence-electron chi connectivity index (χ3n) is 4.27. The van der Waals surface area contributed by atoms with Gasteiger partial charge in [0.2, 0.25) is 5.91 Å². The zero-order chi connectivity index (χ0) is 18.4. The molecule has 0 aliphatic heterocycles. The first-order chi connectivity index (χ1) is 12.6. The van der Waals surface area contributed by atoms with E-state index < -0.39 is 0 Å². The van der Waals surface area contributed by atoms with Gasteiger partial charge in [0.05, 0.1) is 23.2 Å². The maximum atomic E-state index is 12.0. The predicted octanol–water partition coefficient (Wildman–Crippen LogP) is 4.03. The van der Waals surface area contributed by atoms with Crippen molar-refractivity contribution >= 4 is 29.1 Å². The molecule has 5 nitrogen and oxygen atoms in total. The van der Waals surface area contributed by atoms with E-state index in [-0.39, 0.29) is 18.4 Å². The summed E-state index contributed by atoms with van der Waals surface area (Å²) in [6, 6.07) is 14.0. The van der Waals surface area contributed by atoms with Crippen LogP contribution >= 0.6 is 11.6 Å². The lowest BCUT2D eigenvalue weighted by molar-refractivity contribution is -0.115. The van der Waals surface area contributed by atoms with Gasteiger partial charge in [-0.2, -0.15) is 0 Å². The number of nitrogens with one attached hydrogen (secondary N) is 2. The summed E-state index contributed by atoms with van der Waals surface area (Å²) in [4.78, 5) is 24.0. The Morgan fingerprint density at radius 1 is 1.04 bits per heavy atom. The quantitative estimate of drug-likeness (QED) is 0.804. The van der Waals surface area contributed by atoms with Gasteiger partial charge < -0.3 is 15.4 Å². The van der Waals surface area contributed by atoms with E-state index in [9.17, 15) is 9.59 Å². The molecule has 6 heteroatoms. The molecule has 26 heavy (non-hydrogen) atoms. The summed E-state index contributed by atoms with van der Waals surface area (Å²) in [5.74, 6) is 0.114. The van der Waals surface area contributed by atoms with E-state index in [0.717, 1.165) is 18.6 Å². The zero-order valence-electron chi connectivity index (χ0n) is 14.3. The summed E-state index contributed by atoms with van der Waals surface area (Å²) in [5.41, 5.74) is 0.996. The largest absolute Gasteiger partial charge is 0.490 e. The van der Waals surface area contributed by atoms with Crippen LogP contribution in [0.1, 0.15) is 36.0 Å². The van der Waals surface area contributed by atoms with Crippen molar-refractivity contribution in [1.29, 1.82) is 0 Å². The van der Waals surface area contributed by atoms with Crippen LogP contribution in [0.25, 0.3) is 0 Å². The Labute approximate surface area is 157 Å². The standard InChI is InChI=1S/C20H21ClN2O3/c21-18-8-4-3-7-17(18)20(25)22-13-19(24)23-14-9-11-16(12-10-14)26-15-5-1-2-6-15/h3-4,7-12,15H,1-2,5-6,13H2,(H,22,25)(H,23,24). The second-order valence-electron chi connectivity index (χ2n) is 6.26. The maximum absolute atomic E-state index is 12.0. The molecule has 2 N–H and O–H groups in total. The Balaban J connectivity index is 1.47. The molecular formula is C20H21ClN2O3. The lowest BCUT2D eigenvalue weighted by Gasteiger charge is -2.13. The van der Waals surface area contributed by atoms with E-state index in [0.29, 0.717) is 22.4 Å². The van der Waals surface area contributed by atoms with E-state index in [1.54, 1.807) is 36.4 Å². The fraction of sp³-hybridized carbons (Fsp3) is 0.300. The molecule has 0 radical (unpaired) electrons. The zero-order valence-corrected chi connectivity index (χ0v) is 15.1. The number of amides is 2. The Hall–Kier alpha value is -2.53. The third-order valence-corrected chi connectivity index (χ3v) is 4.60. The normalized spacial score (nSPS) is 14.0. The second kappa shape index (κ2) is 8.72. The molecule has 1 saturated carbocycles. The average Bonchev–Trinajstić information content (AvgIpc) is 3.15. The Morgan fingerprint density at radius 2 is 1.73 bits per heavy atom. The molecule has 0 aromatic heterocycles. The highest BCUT2D eigenvalue weighted by atomic mass is 35.5. The molecule has 0 unspecified atom stereocenters. The number of benzene rings is 2. The molecule has 0 bridgehead atoms. The summed E-state index contributed by atoms with van der Waals surface area (Å²) < 4.78 is 5.89. The molecule has 136 valence electrons. The molecule has 2 aromatic carbocycles. The first kappa shape index (κ1) is 18.3. The van der Waals surface area contributed by atoms with Crippen molar-refractivity contribution in [2.45, 2.75) is 31.8 Å². The molecule has 0 spiro atoms. The van der Waals surface area contributed by atoms with E-state index >= 15 is 0 Å². The van der Waals surface area contributed by atoms with Crippen molar-refractivity contribution in [3.63, 3.8) is 0 Å². The number of anilines is 1. The van der Waals surface area contributed by atoms with Gasteiger partial charge in [-0.25, -0.2) is 0 Å². The number of hydrogen-bond acceptors (Lipinski definition) is 3. The lowest BCUT2D eigenvalue weighted by atomic mass is 10.2. The van der Waals surface area contributed by atoms with Crippen molar-refractivity contribution in [3.8, 4) is 5.75 Å². The van der Waals surface area contributed by atoms with Gasteiger partial charge in [-0.05, 0) is 62.1 Å². The molecule has 1 fully saturated rings. The van der Waals surface area contributed by atoms with Gasteiger partial charge in [0, 0.05) is 5.69 Å². The first-order valence-corrected chi connectivity index (χ1v) is 9.09. The summed E-state index contributed by atoms with van der Waals surface area (Å²) in [6.07, 6.45) is 4.94. The minimum absolute atomic E-state index is 0.135. The van der Waals surface area contributed by atoms with Gasteiger partial charge in [0.1, 0.15) is 5.75 Å². The predicted molar refractivity (Wildman–Crippen MR) is 102 cm³/mol.